The van der Waals surface area contributed by atoms with E-state index in [1.165, 1.54) is 32.2 Å². The van der Waals surface area contributed by atoms with Gasteiger partial charge in [0.15, 0.2) is 0 Å². The van der Waals surface area contributed by atoms with Crippen LogP contribution in [-0.4, -0.2) is 34.6 Å². The Morgan fingerprint density at radius 3 is 2.68 bits per heavy atom. The molecule has 0 radical (unpaired) electrons. The Balaban J connectivity index is 2.41. The van der Waals surface area contributed by atoms with Gasteiger partial charge in [-0.05, 0) is 31.5 Å². The van der Waals surface area contributed by atoms with Crippen molar-refractivity contribution in [1.82, 2.24) is 10.3 Å². The minimum atomic E-state index is -1.39. The molecule has 0 aliphatic carbocycles. The first-order chi connectivity index (χ1) is 10.3. The van der Waals surface area contributed by atoms with Crippen molar-refractivity contribution >= 4 is 22.8 Å². The molecule has 0 spiro atoms. The van der Waals surface area contributed by atoms with E-state index in [0.29, 0.717) is 11.1 Å². The molecule has 1 unspecified atom stereocenters. The zero-order valence-corrected chi connectivity index (χ0v) is 12.5. The number of carbonyl (C=O) groups is 2. The molecule has 1 heterocycles. The molecule has 0 aliphatic heterocycles. The van der Waals surface area contributed by atoms with Crippen LogP contribution in [0.5, 0.6) is 5.75 Å². The van der Waals surface area contributed by atoms with Gasteiger partial charge in [0.05, 0.1) is 12.6 Å². The Labute approximate surface area is 126 Å². The molecule has 1 aromatic heterocycles. The van der Waals surface area contributed by atoms with Gasteiger partial charge < -0.3 is 20.1 Å². The van der Waals surface area contributed by atoms with Crippen molar-refractivity contribution in [2.24, 2.45) is 0 Å². The Morgan fingerprint density at radius 2 is 2.14 bits per heavy atom. The Kier molecular flexibility index (Phi) is 4.07. The number of carboxylic acid groups (broad SMARTS) is 1. The second kappa shape index (κ2) is 5.67. The molecule has 1 amide bonds. The summed E-state index contributed by atoms with van der Waals surface area (Å²) in [6.07, 6.45) is 0.214. The van der Waals surface area contributed by atoms with Gasteiger partial charge in [-0.15, -0.1) is 0 Å². The zero-order valence-electron chi connectivity index (χ0n) is 12.5. The number of aliphatic carboxylic acids is 1. The number of nitrogens with one attached hydrogen (secondary N) is 2. The van der Waals surface area contributed by atoms with Gasteiger partial charge >= 0.3 is 5.97 Å². The fourth-order valence-corrected chi connectivity index (χ4v) is 2.07. The highest BCUT2D eigenvalue weighted by molar-refractivity contribution is 6.01. The number of ether oxygens (including phenoxy) is 1. The van der Waals surface area contributed by atoms with Crippen molar-refractivity contribution in [3.05, 3.63) is 29.7 Å². The summed E-state index contributed by atoms with van der Waals surface area (Å²) < 4.78 is 18.9. The fourth-order valence-electron chi connectivity index (χ4n) is 2.07. The number of aromatic amines is 1. The normalized spacial score (nSPS) is 13.6. The molecule has 1 atom stereocenters. The summed E-state index contributed by atoms with van der Waals surface area (Å²) in [6.45, 7) is 3.07. The molecule has 0 aliphatic rings. The number of H-pyrrole nitrogens is 1. The lowest BCUT2D eigenvalue weighted by molar-refractivity contribution is -0.143. The standard InChI is InChI=1S/C15H17FN2O4/c1-4-15(2,14(20)21)18-13(19)10-7-8-11(22-3)6-5-9(16)12(8)17-10/h5-7,17H,4H2,1-3H3,(H,18,19)(H,20,21). The lowest BCUT2D eigenvalue weighted by Gasteiger charge is -2.24. The lowest BCUT2D eigenvalue weighted by atomic mass is 9.99. The summed E-state index contributed by atoms with van der Waals surface area (Å²) in [5, 5.41) is 12.1. The van der Waals surface area contributed by atoms with Crippen LogP contribution in [0.15, 0.2) is 18.2 Å². The lowest BCUT2D eigenvalue weighted by Crippen LogP contribution is -2.51. The molecule has 6 nitrogen and oxygen atoms in total. The number of amides is 1. The quantitative estimate of drug-likeness (QED) is 0.790. The molecular formula is C15H17FN2O4. The smallest absolute Gasteiger partial charge is 0.329 e. The topological polar surface area (TPSA) is 91.4 Å². The minimum Gasteiger partial charge on any atom is -0.496 e. The SMILES string of the molecule is CCC(C)(NC(=O)c1cc2c(OC)ccc(F)c2[nH]1)C(=O)O. The molecule has 3 N–H and O–H groups in total. The minimum absolute atomic E-state index is 0.0688. The number of fused-ring (bicyclic) bond motifs is 1. The molecule has 0 saturated carbocycles. The fraction of sp³-hybridized carbons (Fsp3) is 0.333. The highest BCUT2D eigenvalue weighted by atomic mass is 19.1. The van der Waals surface area contributed by atoms with E-state index in [-0.39, 0.29) is 17.6 Å². The van der Waals surface area contributed by atoms with Crippen LogP contribution >= 0.6 is 0 Å². The first kappa shape index (κ1) is 15.8. The predicted octanol–water partition coefficient (Wildman–Crippen LogP) is 2.30. The van der Waals surface area contributed by atoms with E-state index in [1.54, 1.807) is 6.92 Å². The van der Waals surface area contributed by atoms with Gasteiger partial charge in [0.2, 0.25) is 0 Å². The summed E-state index contributed by atoms with van der Waals surface area (Å²) in [6, 6.07) is 4.12. The summed E-state index contributed by atoms with van der Waals surface area (Å²) in [5.74, 6) is -1.86. The third kappa shape index (κ3) is 2.61. The molecule has 118 valence electrons. The average molecular weight is 308 g/mol. The molecule has 0 fully saturated rings. The first-order valence-corrected chi connectivity index (χ1v) is 6.73. The number of halogens is 1. The first-order valence-electron chi connectivity index (χ1n) is 6.73. The van der Waals surface area contributed by atoms with E-state index >= 15 is 0 Å². The van der Waals surface area contributed by atoms with Gasteiger partial charge in [0.25, 0.3) is 5.91 Å². The van der Waals surface area contributed by atoms with Crippen molar-refractivity contribution in [3.63, 3.8) is 0 Å². The third-order valence-electron chi connectivity index (χ3n) is 3.74. The van der Waals surface area contributed by atoms with Gasteiger partial charge in [-0.2, -0.15) is 0 Å². The van der Waals surface area contributed by atoms with Gasteiger partial charge in [0, 0.05) is 5.39 Å². The number of carboxylic acids is 1. The molecule has 0 saturated heterocycles. The van der Waals surface area contributed by atoms with Gasteiger partial charge in [-0.1, -0.05) is 6.92 Å². The van der Waals surface area contributed by atoms with Crippen molar-refractivity contribution in [2.45, 2.75) is 25.8 Å². The average Bonchev–Trinajstić information content (AvgIpc) is 2.93. The number of rotatable bonds is 5. The van der Waals surface area contributed by atoms with Crippen LogP contribution in [0, 0.1) is 5.82 Å². The highest BCUT2D eigenvalue weighted by Crippen LogP contribution is 2.28. The van der Waals surface area contributed by atoms with Crippen LogP contribution in [0.1, 0.15) is 30.8 Å². The highest BCUT2D eigenvalue weighted by Gasteiger charge is 2.33. The number of hydrogen-bond donors (Lipinski definition) is 3. The summed E-state index contributed by atoms with van der Waals surface area (Å²) >= 11 is 0. The maximum absolute atomic E-state index is 13.8. The predicted molar refractivity (Wildman–Crippen MR) is 78.6 cm³/mol. The number of aromatic nitrogens is 1. The maximum atomic E-state index is 13.8. The molecule has 22 heavy (non-hydrogen) atoms. The summed E-state index contributed by atoms with van der Waals surface area (Å²) in [5.41, 5.74) is -1.19. The number of benzene rings is 1. The van der Waals surface area contributed by atoms with Gasteiger partial charge in [-0.25, -0.2) is 9.18 Å². The Morgan fingerprint density at radius 1 is 1.45 bits per heavy atom. The monoisotopic (exact) mass is 308 g/mol. The second-order valence-electron chi connectivity index (χ2n) is 5.17. The van der Waals surface area contributed by atoms with Crippen LogP contribution in [0.2, 0.25) is 0 Å². The number of carbonyl (C=O) groups excluding carboxylic acids is 1. The van der Waals surface area contributed by atoms with Crippen LogP contribution in [0.4, 0.5) is 4.39 Å². The van der Waals surface area contributed by atoms with Crippen LogP contribution in [-0.2, 0) is 4.79 Å². The van der Waals surface area contributed by atoms with Gasteiger partial charge in [-0.3, -0.25) is 4.79 Å². The van der Waals surface area contributed by atoms with Gasteiger partial charge in [0.1, 0.15) is 22.8 Å². The van der Waals surface area contributed by atoms with E-state index in [2.05, 4.69) is 10.3 Å². The largest absolute Gasteiger partial charge is 0.496 e. The number of methoxy groups -OCH3 is 1. The summed E-state index contributed by atoms with van der Waals surface area (Å²) in [4.78, 5) is 26.1. The van der Waals surface area contributed by atoms with Crippen LogP contribution < -0.4 is 10.1 Å². The molecule has 1 aromatic carbocycles. The van der Waals surface area contributed by atoms with Crippen molar-refractivity contribution in [1.29, 1.82) is 0 Å². The third-order valence-corrected chi connectivity index (χ3v) is 3.74. The van der Waals surface area contributed by atoms with E-state index in [9.17, 15) is 19.1 Å². The van der Waals surface area contributed by atoms with E-state index < -0.39 is 23.2 Å². The Hall–Kier alpha value is -2.57. The number of hydrogen-bond acceptors (Lipinski definition) is 3. The van der Waals surface area contributed by atoms with E-state index in [0.717, 1.165) is 0 Å². The van der Waals surface area contributed by atoms with Crippen LogP contribution in [0.25, 0.3) is 10.9 Å². The molecule has 2 aromatic rings. The van der Waals surface area contributed by atoms with Crippen molar-refractivity contribution in [3.8, 4) is 5.75 Å². The van der Waals surface area contributed by atoms with Crippen molar-refractivity contribution < 1.29 is 23.8 Å². The molecule has 7 heteroatoms. The second-order valence-corrected chi connectivity index (χ2v) is 5.17. The van der Waals surface area contributed by atoms with E-state index in [1.807, 2.05) is 0 Å². The molecular weight excluding hydrogens is 291 g/mol. The molecule has 0 bridgehead atoms. The van der Waals surface area contributed by atoms with E-state index in [4.69, 9.17) is 4.74 Å². The van der Waals surface area contributed by atoms with Crippen LogP contribution in [0.3, 0.4) is 0 Å². The van der Waals surface area contributed by atoms with Crippen molar-refractivity contribution in [2.75, 3.05) is 7.11 Å². The zero-order chi connectivity index (χ0) is 16.5. The maximum Gasteiger partial charge on any atom is 0.329 e. The molecule has 2 rings (SSSR count). The Bertz CT molecular complexity index is 740. The summed E-state index contributed by atoms with van der Waals surface area (Å²) in [7, 11) is 1.44.